The second-order valence-corrected chi connectivity index (χ2v) is 6.98. The number of benzene rings is 2. The van der Waals surface area contributed by atoms with Gasteiger partial charge in [0.15, 0.2) is 0 Å². The maximum absolute atomic E-state index is 12.1. The lowest BCUT2D eigenvalue weighted by molar-refractivity contribution is -0.117. The van der Waals surface area contributed by atoms with Crippen LogP contribution < -0.4 is 16.4 Å². The molecule has 3 aromatic rings. The van der Waals surface area contributed by atoms with Crippen molar-refractivity contribution in [2.24, 2.45) is 5.73 Å². The molecule has 3 amide bonds. The van der Waals surface area contributed by atoms with Gasteiger partial charge in [-0.05, 0) is 48.2 Å². The topological polar surface area (TPSA) is 117 Å². The molecule has 146 valence electrons. The minimum Gasteiger partial charge on any atom is -0.366 e. The highest BCUT2D eigenvalue weighted by Crippen LogP contribution is 2.31. The molecule has 0 unspecified atom stereocenters. The van der Waals surface area contributed by atoms with Gasteiger partial charge in [-0.15, -0.1) is 0 Å². The van der Waals surface area contributed by atoms with Crippen molar-refractivity contribution >= 4 is 34.3 Å². The largest absolute Gasteiger partial charge is 0.366 e. The Balaban J connectivity index is 1.54. The smallest absolute Gasteiger partial charge is 0.250 e. The van der Waals surface area contributed by atoms with Crippen LogP contribution in [0.15, 0.2) is 60.8 Å². The highest BCUT2D eigenvalue weighted by atomic mass is 16.2. The van der Waals surface area contributed by atoms with Crippen molar-refractivity contribution in [1.29, 1.82) is 0 Å². The van der Waals surface area contributed by atoms with Gasteiger partial charge in [-0.1, -0.05) is 18.2 Å². The number of nitrogens with one attached hydrogen (secondary N) is 3. The van der Waals surface area contributed by atoms with E-state index in [1.54, 1.807) is 18.3 Å². The Bertz CT molecular complexity index is 1140. The number of amides is 3. The SMILES string of the molecule is NC(=O)c1ccc(-c2cccc(NC(=O)/C=C/C(=O)NC3CC3)c2)c2cc[nH]c12. The molecule has 2 aromatic carbocycles. The summed E-state index contributed by atoms with van der Waals surface area (Å²) in [5.41, 5.74) is 8.92. The van der Waals surface area contributed by atoms with Gasteiger partial charge >= 0.3 is 0 Å². The predicted octanol–water partition coefficient (Wildman–Crippen LogP) is 2.71. The van der Waals surface area contributed by atoms with Gasteiger partial charge in [0.2, 0.25) is 11.8 Å². The zero-order chi connectivity index (χ0) is 20.4. The van der Waals surface area contributed by atoms with Crippen LogP contribution in [-0.2, 0) is 9.59 Å². The lowest BCUT2D eigenvalue weighted by Crippen LogP contribution is -2.23. The predicted molar refractivity (Wildman–Crippen MR) is 111 cm³/mol. The lowest BCUT2D eigenvalue weighted by atomic mass is 9.98. The normalized spacial score (nSPS) is 13.5. The van der Waals surface area contributed by atoms with E-state index in [4.69, 9.17) is 5.73 Å². The van der Waals surface area contributed by atoms with E-state index in [-0.39, 0.29) is 17.9 Å². The van der Waals surface area contributed by atoms with Crippen LogP contribution in [0.2, 0.25) is 0 Å². The Labute approximate surface area is 167 Å². The van der Waals surface area contributed by atoms with Gasteiger partial charge in [0.1, 0.15) is 0 Å². The molecular weight excluding hydrogens is 368 g/mol. The molecule has 0 aliphatic heterocycles. The highest BCUT2D eigenvalue weighted by Gasteiger charge is 2.22. The van der Waals surface area contributed by atoms with E-state index in [2.05, 4.69) is 15.6 Å². The van der Waals surface area contributed by atoms with Crippen molar-refractivity contribution in [3.8, 4) is 11.1 Å². The van der Waals surface area contributed by atoms with Crippen LogP contribution in [0.1, 0.15) is 23.2 Å². The number of primary amides is 1. The van der Waals surface area contributed by atoms with Crippen molar-refractivity contribution in [1.82, 2.24) is 10.3 Å². The molecule has 5 N–H and O–H groups in total. The van der Waals surface area contributed by atoms with Crippen molar-refractivity contribution in [2.45, 2.75) is 18.9 Å². The molecule has 0 saturated heterocycles. The Morgan fingerprint density at radius 3 is 2.59 bits per heavy atom. The van der Waals surface area contributed by atoms with Gasteiger partial charge in [-0.25, -0.2) is 0 Å². The quantitative estimate of drug-likeness (QED) is 0.486. The number of hydrogen-bond acceptors (Lipinski definition) is 3. The van der Waals surface area contributed by atoms with Gasteiger partial charge in [0.05, 0.1) is 11.1 Å². The van der Waals surface area contributed by atoms with Gasteiger partial charge < -0.3 is 21.4 Å². The first-order valence-corrected chi connectivity index (χ1v) is 9.31. The first-order chi connectivity index (χ1) is 14.0. The third-order valence-corrected chi connectivity index (χ3v) is 4.74. The first kappa shape index (κ1) is 18.5. The molecule has 1 saturated carbocycles. The number of anilines is 1. The molecule has 1 aliphatic carbocycles. The number of aromatic nitrogens is 1. The Morgan fingerprint density at radius 1 is 1.03 bits per heavy atom. The zero-order valence-electron chi connectivity index (χ0n) is 15.6. The third-order valence-electron chi connectivity index (χ3n) is 4.74. The average Bonchev–Trinajstić information content (AvgIpc) is 3.37. The fourth-order valence-corrected chi connectivity index (χ4v) is 3.19. The summed E-state index contributed by atoms with van der Waals surface area (Å²) in [4.78, 5) is 38.5. The molecule has 0 spiro atoms. The van der Waals surface area contributed by atoms with Crippen LogP contribution >= 0.6 is 0 Å². The van der Waals surface area contributed by atoms with Crippen LogP contribution in [-0.4, -0.2) is 28.7 Å². The summed E-state index contributed by atoms with van der Waals surface area (Å²) in [6, 6.07) is 13.0. The average molecular weight is 388 g/mol. The Hall–Kier alpha value is -3.87. The molecule has 1 aromatic heterocycles. The van der Waals surface area contributed by atoms with E-state index in [9.17, 15) is 14.4 Å². The van der Waals surface area contributed by atoms with Crippen LogP contribution in [0.3, 0.4) is 0 Å². The maximum Gasteiger partial charge on any atom is 0.250 e. The van der Waals surface area contributed by atoms with Crippen molar-refractivity contribution < 1.29 is 14.4 Å². The van der Waals surface area contributed by atoms with Crippen LogP contribution in [0, 0.1) is 0 Å². The summed E-state index contributed by atoms with van der Waals surface area (Å²) in [7, 11) is 0. The number of hydrogen-bond donors (Lipinski definition) is 4. The minimum atomic E-state index is -0.498. The molecule has 0 bridgehead atoms. The number of carbonyl (C=O) groups is 3. The summed E-state index contributed by atoms with van der Waals surface area (Å²) in [6.45, 7) is 0. The molecule has 1 heterocycles. The molecule has 1 aliphatic rings. The van der Waals surface area contributed by atoms with Gasteiger partial charge in [-0.3, -0.25) is 14.4 Å². The van der Waals surface area contributed by atoms with Crippen molar-refractivity contribution in [2.75, 3.05) is 5.32 Å². The number of aromatic amines is 1. The number of fused-ring (bicyclic) bond motifs is 1. The highest BCUT2D eigenvalue weighted by molar-refractivity contribution is 6.09. The summed E-state index contributed by atoms with van der Waals surface area (Å²) in [5, 5.41) is 6.41. The van der Waals surface area contributed by atoms with E-state index >= 15 is 0 Å². The van der Waals surface area contributed by atoms with E-state index in [1.807, 2.05) is 30.3 Å². The second-order valence-electron chi connectivity index (χ2n) is 6.98. The summed E-state index contributed by atoms with van der Waals surface area (Å²) >= 11 is 0. The third kappa shape index (κ3) is 4.19. The van der Waals surface area contributed by atoms with Crippen molar-refractivity contribution in [3.05, 3.63) is 66.4 Å². The first-order valence-electron chi connectivity index (χ1n) is 9.31. The Kier molecular flexibility index (Phi) is 4.87. The number of H-pyrrole nitrogens is 1. The molecule has 7 heteroatoms. The summed E-state index contributed by atoms with van der Waals surface area (Å²) in [5.74, 6) is -1.15. The molecule has 29 heavy (non-hydrogen) atoms. The Morgan fingerprint density at radius 2 is 1.83 bits per heavy atom. The maximum atomic E-state index is 12.1. The van der Waals surface area contributed by atoms with E-state index in [0.717, 1.165) is 29.4 Å². The van der Waals surface area contributed by atoms with Crippen molar-refractivity contribution in [3.63, 3.8) is 0 Å². The molecule has 4 rings (SSSR count). The van der Waals surface area contributed by atoms with Crippen LogP contribution in [0.4, 0.5) is 5.69 Å². The van der Waals surface area contributed by atoms with Crippen LogP contribution in [0.5, 0.6) is 0 Å². The lowest BCUT2D eigenvalue weighted by Gasteiger charge is -2.09. The summed E-state index contributed by atoms with van der Waals surface area (Å²) < 4.78 is 0. The molecule has 0 radical (unpaired) electrons. The number of rotatable bonds is 6. The summed E-state index contributed by atoms with van der Waals surface area (Å²) in [6.07, 6.45) is 6.20. The molecule has 1 fully saturated rings. The van der Waals surface area contributed by atoms with E-state index in [0.29, 0.717) is 16.8 Å². The monoisotopic (exact) mass is 388 g/mol. The number of carbonyl (C=O) groups excluding carboxylic acids is 3. The molecular formula is C22H20N4O3. The number of nitrogens with two attached hydrogens (primary N) is 1. The standard InChI is InChI=1S/C22H20N4O3/c23-22(29)18-7-6-16(17-10-11-24-21(17)18)13-2-1-3-15(12-13)26-20(28)9-8-19(27)25-14-4-5-14/h1-3,6-12,14,24H,4-5H2,(H2,23,29)(H,25,27)(H,26,28)/b9-8+. The molecule has 0 atom stereocenters. The van der Waals surface area contributed by atoms with Crippen LogP contribution in [0.25, 0.3) is 22.0 Å². The minimum absolute atomic E-state index is 0.248. The van der Waals surface area contributed by atoms with E-state index in [1.165, 1.54) is 12.2 Å². The second kappa shape index (κ2) is 7.63. The zero-order valence-corrected chi connectivity index (χ0v) is 15.6. The fourth-order valence-electron chi connectivity index (χ4n) is 3.19. The van der Waals surface area contributed by atoms with Gasteiger partial charge in [0, 0.05) is 35.5 Å². The molecule has 7 nitrogen and oxygen atoms in total. The van der Waals surface area contributed by atoms with Gasteiger partial charge in [-0.2, -0.15) is 0 Å². The fraction of sp³-hybridized carbons (Fsp3) is 0.136. The van der Waals surface area contributed by atoms with E-state index < -0.39 is 5.91 Å². The van der Waals surface area contributed by atoms with Gasteiger partial charge in [0.25, 0.3) is 5.91 Å².